The monoisotopic (exact) mass is 288 g/mol. The summed E-state index contributed by atoms with van der Waals surface area (Å²) >= 11 is 0. The van der Waals surface area contributed by atoms with E-state index in [9.17, 15) is 23.1 Å². The number of aromatic nitrogens is 1. The number of nitrogens with zero attached hydrogens (tertiary/aromatic N) is 1. The highest BCUT2D eigenvalue weighted by atomic mass is 19.3. The van der Waals surface area contributed by atoms with Gasteiger partial charge in [-0.25, -0.2) is 4.39 Å². The molecule has 1 aliphatic carbocycles. The fourth-order valence-corrected chi connectivity index (χ4v) is 2.03. The van der Waals surface area contributed by atoms with Crippen LogP contribution in [0.2, 0.25) is 0 Å². The molecule has 2 N–H and O–H groups in total. The van der Waals surface area contributed by atoms with Crippen molar-refractivity contribution in [1.82, 2.24) is 10.3 Å². The van der Waals surface area contributed by atoms with E-state index in [2.05, 4.69) is 4.98 Å². The zero-order valence-corrected chi connectivity index (χ0v) is 10.9. The number of hydrogen-bond donors (Lipinski definition) is 2. The van der Waals surface area contributed by atoms with E-state index in [4.69, 9.17) is 0 Å². The highest BCUT2D eigenvalue weighted by Crippen LogP contribution is 2.44. The van der Waals surface area contributed by atoms with Gasteiger partial charge in [0.1, 0.15) is 11.4 Å². The maximum atomic E-state index is 13.8. The van der Waals surface area contributed by atoms with E-state index in [-0.39, 0.29) is 18.5 Å². The lowest BCUT2D eigenvalue weighted by atomic mass is 9.75. The van der Waals surface area contributed by atoms with Crippen molar-refractivity contribution in [2.24, 2.45) is 0 Å². The van der Waals surface area contributed by atoms with E-state index in [1.54, 1.807) is 0 Å². The van der Waals surface area contributed by atoms with Crippen LogP contribution in [0.15, 0.2) is 12.3 Å². The summed E-state index contributed by atoms with van der Waals surface area (Å²) < 4.78 is 41.1. The summed E-state index contributed by atoms with van der Waals surface area (Å²) in [5, 5.41) is 11.5. The maximum absolute atomic E-state index is 13.8. The number of aryl methyl sites for hydroxylation is 1. The summed E-state index contributed by atoms with van der Waals surface area (Å²) in [6.45, 7) is 1.06. The summed E-state index contributed by atoms with van der Waals surface area (Å²) in [5.41, 5.74) is -2.08. The van der Waals surface area contributed by atoms with E-state index in [0.717, 1.165) is 0 Å². The molecule has 1 fully saturated rings. The van der Waals surface area contributed by atoms with Gasteiger partial charge in [-0.15, -0.1) is 0 Å². The zero-order valence-electron chi connectivity index (χ0n) is 10.9. The lowest BCUT2D eigenvalue weighted by Crippen LogP contribution is -2.60. The van der Waals surface area contributed by atoms with E-state index >= 15 is 0 Å². The van der Waals surface area contributed by atoms with Crippen LogP contribution in [0.4, 0.5) is 13.2 Å². The molecule has 0 aliphatic heterocycles. The van der Waals surface area contributed by atoms with Crippen LogP contribution in [0.3, 0.4) is 0 Å². The summed E-state index contributed by atoms with van der Waals surface area (Å²) in [5.74, 6) is -6.13. The Balaban J connectivity index is 2.03. The van der Waals surface area contributed by atoms with Gasteiger partial charge in [-0.3, -0.25) is 9.78 Å². The summed E-state index contributed by atoms with van der Waals surface area (Å²) in [7, 11) is 0. The van der Waals surface area contributed by atoms with E-state index in [1.165, 1.54) is 19.2 Å². The molecule has 1 aromatic rings. The number of nitrogens with one attached hydrogen (secondary N) is 1. The Morgan fingerprint density at radius 2 is 2.20 bits per heavy atom. The van der Waals surface area contributed by atoms with Crippen molar-refractivity contribution in [2.75, 3.05) is 0 Å². The SMILES string of the molecule is Cc1ccnc(CNC(=O)C(F)(F)C2(O)CCC2)c1F. The molecule has 7 heteroatoms. The molecular formula is C13H15F3N2O2. The predicted octanol–water partition coefficient (Wildman–Crippen LogP) is 1.70. The largest absolute Gasteiger partial charge is 0.383 e. The van der Waals surface area contributed by atoms with Gasteiger partial charge in [0, 0.05) is 6.20 Å². The lowest BCUT2D eigenvalue weighted by Gasteiger charge is -2.41. The first-order valence-corrected chi connectivity index (χ1v) is 6.26. The minimum Gasteiger partial charge on any atom is -0.383 e. The third-order valence-corrected chi connectivity index (χ3v) is 3.62. The number of aliphatic hydroxyl groups is 1. The molecule has 1 aliphatic rings. The maximum Gasteiger partial charge on any atom is 0.352 e. The molecule has 4 nitrogen and oxygen atoms in total. The summed E-state index contributed by atoms with van der Waals surface area (Å²) in [6.07, 6.45) is 1.54. The smallest absolute Gasteiger partial charge is 0.352 e. The summed E-state index contributed by atoms with van der Waals surface area (Å²) in [4.78, 5) is 15.2. The highest BCUT2D eigenvalue weighted by Gasteiger charge is 2.61. The van der Waals surface area contributed by atoms with Gasteiger partial charge in [-0.2, -0.15) is 8.78 Å². The minimum absolute atomic E-state index is 0.116. The van der Waals surface area contributed by atoms with E-state index in [1.807, 2.05) is 5.32 Å². The van der Waals surface area contributed by atoms with Crippen LogP contribution in [0.25, 0.3) is 0 Å². The topological polar surface area (TPSA) is 62.2 Å². The molecule has 1 heterocycles. The Bertz CT molecular complexity index is 530. The fraction of sp³-hybridized carbons (Fsp3) is 0.538. The van der Waals surface area contributed by atoms with Crippen LogP contribution in [0, 0.1) is 12.7 Å². The van der Waals surface area contributed by atoms with Crippen LogP contribution in [-0.4, -0.2) is 27.5 Å². The molecule has 20 heavy (non-hydrogen) atoms. The molecule has 0 saturated heterocycles. The molecule has 0 spiro atoms. The van der Waals surface area contributed by atoms with Crippen LogP contribution < -0.4 is 5.32 Å². The Morgan fingerprint density at radius 1 is 1.55 bits per heavy atom. The Hall–Kier alpha value is -1.63. The first kappa shape index (κ1) is 14.8. The van der Waals surface area contributed by atoms with E-state index in [0.29, 0.717) is 12.0 Å². The normalized spacial score (nSPS) is 17.4. The molecule has 2 rings (SSSR count). The Kier molecular flexibility index (Phi) is 3.73. The highest BCUT2D eigenvalue weighted by molar-refractivity contribution is 5.85. The molecule has 0 bridgehead atoms. The van der Waals surface area contributed by atoms with Crippen molar-refractivity contribution in [3.63, 3.8) is 0 Å². The standard InChI is InChI=1S/C13H15F3N2O2/c1-8-3-6-17-9(10(8)14)7-18-11(19)13(15,16)12(20)4-2-5-12/h3,6,20H,2,4-5,7H2,1H3,(H,18,19). The molecular weight excluding hydrogens is 273 g/mol. The summed E-state index contributed by atoms with van der Waals surface area (Å²) in [6, 6.07) is 1.44. The van der Waals surface area contributed by atoms with Gasteiger partial charge in [0.25, 0.3) is 5.91 Å². The third kappa shape index (κ3) is 2.37. The first-order valence-electron chi connectivity index (χ1n) is 6.26. The second-order valence-electron chi connectivity index (χ2n) is 5.03. The van der Waals surface area contributed by atoms with Gasteiger partial charge < -0.3 is 10.4 Å². The second-order valence-corrected chi connectivity index (χ2v) is 5.03. The fourth-order valence-electron chi connectivity index (χ4n) is 2.03. The van der Waals surface area contributed by atoms with Crippen molar-refractivity contribution in [3.05, 3.63) is 29.3 Å². The average molecular weight is 288 g/mol. The van der Waals surface area contributed by atoms with Crippen LogP contribution in [-0.2, 0) is 11.3 Å². The van der Waals surface area contributed by atoms with Crippen molar-refractivity contribution in [3.8, 4) is 0 Å². The van der Waals surface area contributed by atoms with Crippen LogP contribution in [0.5, 0.6) is 0 Å². The number of carbonyl (C=O) groups is 1. The van der Waals surface area contributed by atoms with Crippen molar-refractivity contribution in [1.29, 1.82) is 0 Å². The molecule has 0 atom stereocenters. The predicted molar refractivity (Wildman–Crippen MR) is 64.5 cm³/mol. The molecule has 0 radical (unpaired) electrons. The van der Waals surface area contributed by atoms with Gasteiger partial charge in [0.05, 0.1) is 12.2 Å². The van der Waals surface area contributed by atoms with Gasteiger partial charge in [0.15, 0.2) is 0 Å². The van der Waals surface area contributed by atoms with E-state index < -0.39 is 29.8 Å². The number of rotatable bonds is 4. The molecule has 110 valence electrons. The molecule has 0 aromatic carbocycles. The van der Waals surface area contributed by atoms with Gasteiger partial charge in [-0.05, 0) is 37.8 Å². The molecule has 1 aromatic heterocycles. The van der Waals surface area contributed by atoms with Crippen molar-refractivity contribution in [2.45, 2.75) is 44.3 Å². The number of hydrogen-bond acceptors (Lipinski definition) is 3. The van der Waals surface area contributed by atoms with Crippen molar-refractivity contribution < 1.29 is 23.1 Å². The average Bonchev–Trinajstić information content (AvgIpc) is 2.37. The second kappa shape index (κ2) is 5.05. The number of pyridine rings is 1. The van der Waals surface area contributed by atoms with Crippen molar-refractivity contribution >= 4 is 5.91 Å². The lowest BCUT2D eigenvalue weighted by molar-refractivity contribution is -0.216. The molecule has 1 saturated carbocycles. The Labute approximate surface area is 114 Å². The number of carbonyl (C=O) groups excluding carboxylic acids is 1. The van der Waals surface area contributed by atoms with Gasteiger partial charge in [-0.1, -0.05) is 0 Å². The first-order chi connectivity index (χ1) is 9.28. The third-order valence-electron chi connectivity index (χ3n) is 3.62. The molecule has 1 amide bonds. The quantitative estimate of drug-likeness (QED) is 0.886. The Morgan fingerprint density at radius 3 is 2.75 bits per heavy atom. The van der Waals surface area contributed by atoms with Crippen LogP contribution >= 0.6 is 0 Å². The van der Waals surface area contributed by atoms with Gasteiger partial charge in [0.2, 0.25) is 0 Å². The molecule has 0 unspecified atom stereocenters. The minimum atomic E-state index is -3.88. The number of alkyl halides is 2. The number of amides is 1. The zero-order chi connectivity index (χ0) is 15.0. The van der Waals surface area contributed by atoms with Crippen LogP contribution in [0.1, 0.15) is 30.5 Å². The number of halogens is 3. The van der Waals surface area contributed by atoms with Gasteiger partial charge >= 0.3 is 5.92 Å².